The third-order valence-electron chi connectivity index (χ3n) is 4.11. The average molecular weight is 366 g/mol. The van der Waals surface area contributed by atoms with Crippen LogP contribution in [0.4, 0.5) is 0 Å². The molecule has 0 radical (unpaired) electrons. The van der Waals surface area contributed by atoms with Crippen molar-refractivity contribution in [3.8, 4) is 0 Å². The number of hydrogen-bond donors (Lipinski definition) is 1. The van der Waals surface area contributed by atoms with E-state index in [1.165, 1.54) is 10.5 Å². The smallest absolute Gasteiger partial charge is 0.256 e. The molecule has 0 fully saturated rings. The van der Waals surface area contributed by atoms with Crippen LogP contribution in [-0.2, 0) is 24.2 Å². The zero-order chi connectivity index (χ0) is 17.3. The summed E-state index contributed by atoms with van der Waals surface area (Å²) in [5, 5.41) is 0. The first-order chi connectivity index (χ1) is 11.4. The molecule has 0 spiro atoms. The first-order valence-electron chi connectivity index (χ1n) is 7.67. The van der Waals surface area contributed by atoms with E-state index >= 15 is 0 Å². The average Bonchev–Trinajstić information content (AvgIpc) is 2.56. The summed E-state index contributed by atoms with van der Waals surface area (Å²) < 4.78 is 0. The van der Waals surface area contributed by atoms with E-state index in [1.54, 1.807) is 0 Å². The van der Waals surface area contributed by atoms with Crippen LogP contribution >= 0.6 is 23.2 Å². The molecule has 5 nitrogen and oxygen atoms in total. The lowest BCUT2D eigenvalue weighted by Crippen LogP contribution is -2.42. The molecule has 1 amide bonds. The maximum absolute atomic E-state index is 12.4. The van der Waals surface area contributed by atoms with Crippen LogP contribution in [0.3, 0.4) is 0 Å². The quantitative estimate of drug-likeness (QED) is 0.849. The van der Waals surface area contributed by atoms with Crippen molar-refractivity contribution in [2.75, 3.05) is 6.54 Å². The summed E-state index contributed by atoms with van der Waals surface area (Å²) in [4.78, 5) is 32.0. The Kier molecular flexibility index (Phi) is 4.92. The number of carbonyl (C=O) groups excluding carboxylic acids is 1. The van der Waals surface area contributed by atoms with Crippen LogP contribution in [0.25, 0.3) is 0 Å². The first-order valence-corrected chi connectivity index (χ1v) is 8.55. The van der Waals surface area contributed by atoms with E-state index in [0.29, 0.717) is 30.8 Å². The van der Waals surface area contributed by atoms with Gasteiger partial charge in [-0.25, -0.2) is 4.98 Å². The van der Waals surface area contributed by atoms with Crippen molar-refractivity contribution in [1.29, 1.82) is 0 Å². The molecule has 0 saturated heterocycles. The summed E-state index contributed by atoms with van der Waals surface area (Å²) in [6.07, 6.45) is 1.09. The van der Waals surface area contributed by atoms with Gasteiger partial charge in [0.1, 0.15) is 5.82 Å². The van der Waals surface area contributed by atoms with Crippen LogP contribution in [0, 0.1) is 6.92 Å². The molecule has 0 unspecified atom stereocenters. The second kappa shape index (κ2) is 6.95. The molecule has 0 saturated carbocycles. The number of hydrogen-bond acceptors (Lipinski definition) is 3. The monoisotopic (exact) mass is 365 g/mol. The predicted octanol–water partition coefficient (Wildman–Crippen LogP) is 2.36. The molecule has 2 heterocycles. The molecule has 7 heteroatoms. The van der Waals surface area contributed by atoms with Crippen molar-refractivity contribution in [3.63, 3.8) is 0 Å². The molecular weight excluding hydrogens is 349 g/mol. The summed E-state index contributed by atoms with van der Waals surface area (Å²) in [6.45, 7) is 2.68. The molecule has 0 atom stereocenters. The minimum Gasteiger partial charge on any atom is -0.335 e. The van der Waals surface area contributed by atoms with E-state index in [2.05, 4.69) is 9.97 Å². The summed E-state index contributed by atoms with van der Waals surface area (Å²) in [5.74, 6) is 0.252. The number of aromatic nitrogens is 2. The predicted molar refractivity (Wildman–Crippen MR) is 93.5 cm³/mol. The van der Waals surface area contributed by atoms with Crippen molar-refractivity contribution >= 4 is 29.1 Å². The van der Waals surface area contributed by atoms with E-state index < -0.39 is 4.84 Å². The van der Waals surface area contributed by atoms with Gasteiger partial charge in [0.2, 0.25) is 0 Å². The summed E-state index contributed by atoms with van der Waals surface area (Å²) in [5.41, 5.74) is 3.32. The molecule has 1 aliphatic heterocycles. The minimum absolute atomic E-state index is 0.192. The van der Waals surface area contributed by atoms with Crippen molar-refractivity contribution in [1.82, 2.24) is 14.9 Å². The third-order valence-corrected chi connectivity index (χ3v) is 4.48. The molecule has 3 rings (SSSR count). The molecule has 0 bridgehead atoms. The number of rotatable bonds is 3. The molecule has 0 aliphatic carbocycles. The highest BCUT2D eigenvalue weighted by molar-refractivity contribution is 6.53. The van der Waals surface area contributed by atoms with Gasteiger partial charge in [-0.3, -0.25) is 9.59 Å². The van der Waals surface area contributed by atoms with Crippen molar-refractivity contribution in [3.05, 3.63) is 62.8 Å². The molecule has 1 N–H and O–H groups in total. The summed E-state index contributed by atoms with van der Waals surface area (Å²) >= 11 is 11.3. The number of halogens is 2. The number of fused-ring (bicyclic) bond motifs is 1. The number of alkyl halides is 2. The number of carbonyl (C=O) groups is 1. The Morgan fingerprint density at radius 2 is 2.04 bits per heavy atom. The van der Waals surface area contributed by atoms with Gasteiger partial charge in [-0.2, -0.15) is 0 Å². The zero-order valence-electron chi connectivity index (χ0n) is 13.2. The number of nitrogens with zero attached hydrogens (tertiary/aromatic N) is 2. The summed E-state index contributed by atoms with van der Waals surface area (Å²) in [7, 11) is 0. The lowest BCUT2D eigenvalue weighted by molar-refractivity contribution is -0.130. The van der Waals surface area contributed by atoms with E-state index in [-0.39, 0.29) is 18.0 Å². The van der Waals surface area contributed by atoms with E-state index in [4.69, 9.17) is 23.2 Å². The van der Waals surface area contributed by atoms with Gasteiger partial charge < -0.3 is 9.88 Å². The van der Waals surface area contributed by atoms with Crippen molar-refractivity contribution < 1.29 is 4.79 Å². The molecule has 126 valence electrons. The second-order valence-electron chi connectivity index (χ2n) is 5.91. The fourth-order valence-electron chi connectivity index (χ4n) is 2.79. The molecule has 1 aromatic heterocycles. The van der Waals surface area contributed by atoms with Crippen molar-refractivity contribution in [2.45, 2.75) is 31.1 Å². The minimum atomic E-state index is -1.11. The Labute approximate surface area is 149 Å². The first kappa shape index (κ1) is 17.0. The van der Waals surface area contributed by atoms with Crippen LogP contribution < -0.4 is 5.56 Å². The number of aromatic amines is 1. The number of benzene rings is 1. The Balaban J connectivity index is 1.83. The van der Waals surface area contributed by atoms with Gasteiger partial charge >= 0.3 is 0 Å². The number of amides is 1. The zero-order valence-corrected chi connectivity index (χ0v) is 14.7. The van der Waals surface area contributed by atoms with Crippen LogP contribution in [-0.4, -0.2) is 32.2 Å². The molecule has 1 aromatic carbocycles. The van der Waals surface area contributed by atoms with E-state index in [9.17, 15) is 9.59 Å². The Morgan fingerprint density at radius 3 is 2.71 bits per heavy atom. The Hall–Kier alpha value is -1.85. The molecule has 24 heavy (non-hydrogen) atoms. The number of H-pyrrole nitrogens is 1. The van der Waals surface area contributed by atoms with Gasteiger partial charge in [-0.05, 0) is 12.5 Å². The highest BCUT2D eigenvalue weighted by Gasteiger charge is 2.27. The van der Waals surface area contributed by atoms with Gasteiger partial charge in [-0.15, -0.1) is 0 Å². The lowest BCUT2D eigenvalue weighted by Gasteiger charge is -2.28. The van der Waals surface area contributed by atoms with Gasteiger partial charge in [0.05, 0.1) is 17.8 Å². The number of nitrogens with one attached hydrogen (secondary N) is 1. The van der Waals surface area contributed by atoms with Crippen molar-refractivity contribution in [2.24, 2.45) is 0 Å². The Bertz CT molecular complexity index is 816. The SMILES string of the molecule is Cc1ccc(Cc2nc3c(c(=O)[nH]2)CN(C(=O)C(Cl)Cl)CC3)cc1. The molecule has 1 aliphatic rings. The van der Waals surface area contributed by atoms with Crippen LogP contribution in [0.1, 0.15) is 28.2 Å². The molecule has 2 aromatic rings. The fraction of sp³-hybridized carbons (Fsp3) is 0.353. The Morgan fingerprint density at radius 1 is 1.33 bits per heavy atom. The number of aryl methyl sites for hydroxylation is 1. The third kappa shape index (κ3) is 3.62. The van der Waals surface area contributed by atoms with Crippen LogP contribution in [0.15, 0.2) is 29.1 Å². The van der Waals surface area contributed by atoms with Gasteiger partial charge in [0, 0.05) is 19.4 Å². The van der Waals surface area contributed by atoms with Gasteiger partial charge in [0.15, 0.2) is 4.84 Å². The largest absolute Gasteiger partial charge is 0.335 e. The standard InChI is InChI=1S/C17H17Cl2N3O2/c1-10-2-4-11(5-3-10)8-14-20-13-6-7-22(17(24)15(18)19)9-12(13)16(23)21-14/h2-5,15H,6-9H2,1H3,(H,20,21,23). The molecular formula is C17H17Cl2N3O2. The van der Waals surface area contributed by atoms with Crippen LogP contribution in [0.2, 0.25) is 0 Å². The highest BCUT2D eigenvalue weighted by atomic mass is 35.5. The van der Waals surface area contributed by atoms with Crippen LogP contribution in [0.5, 0.6) is 0 Å². The maximum atomic E-state index is 12.4. The van der Waals surface area contributed by atoms with Gasteiger partial charge in [0.25, 0.3) is 11.5 Å². The normalized spacial score (nSPS) is 13.9. The maximum Gasteiger partial charge on any atom is 0.256 e. The fourth-order valence-corrected chi connectivity index (χ4v) is 3.06. The second-order valence-corrected chi connectivity index (χ2v) is 7.01. The summed E-state index contributed by atoms with van der Waals surface area (Å²) in [6, 6.07) is 8.11. The topological polar surface area (TPSA) is 66.1 Å². The van der Waals surface area contributed by atoms with Gasteiger partial charge in [-0.1, -0.05) is 53.0 Å². The highest BCUT2D eigenvalue weighted by Crippen LogP contribution is 2.18. The van der Waals surface area contributed by atoms with E-state index in [0.717, 1.165) is 11.3 Å². The lowest BCUT2D eigenvalue weighted by atomic mass is 10.1. The van der Waals surface area contributed by atoms with E-state index in [1.807, 2.05) is 31.2 Å².